The van der Waals surface area contributed by atoms with E-state index in [-0.39, 0.29) is 13.2 Å². The highest BCUT2D eigenvalue weighted by atomic mass is 32.1. The van der Waals surface area contributed by atoms with Crippen LogP contribution in [0.4, 0.5) is 10.7 Å². The van der Waals surface area contributed by atoms with Gasteiger partial charge in [-0.05, 0) is 75.7 Å². The fourth-order valence-electron chi connectivity index (χ4n) is 2.53. The fraction of sp³-hybridized carbons (Fsp3) is 0.350. The van der Waals surface area contributed by atoms with Crippen LogP contribution in [0.2, 0.25) is 0 Å². The smallest absolute Gasteiger partial charge is 0.348 e. The molecule has 1 aromatic heterocycles. The minimum Gasteiger partial charge on any atom is -0.462 e. The number of ether oxygens (including phenoxy) is 2. The van der Waals surface area contributed by atoms with E-state index in [9.17, 15) is 9.59 Å². The minimum atomic E-state index is -0.511. The van der Waals surface area contributed by atoms with Gasteiger partial charge in [-0.2, -0.15) is 0 Å². The second kappa shape index (κ2) is 9.66. The van der Waals surface area contributed by atoms with Gasteiger partial charge in [0, 0.05) is 5.69 Å². The van der Waals surface area contributed by atoms with E-state index in [2.05, 4.69) is 10.6 Å². The van der Waals surface area contributed by atoms with Crippen LogP contribution >= 0.6 is 23.6 Å². The zero-order chi connectivity index (χ0) is 20.8. The third-order valence-electron chi connectivity index (χ3n) is 4.08. The van der Waals surface area contributed by atoms with Crippen LogP contribution < -0.4 is 10.6 Å². The standard InChI is InChI=1S/C20H24N2O4S2/c1-6-25-18(23)15-13(5)16(19(24)26-7-2)28-17(15)22-20(27)21-14-9-8-11(3)12(4)10-14/h8-10H,6-7H2,1-5H3,(H2,21,22,27). The number of rotatable bonds is 6. The van der Waals surface area contributed by atoms with Crippen molar-refractivity contribution in [2.75, 3.05) is 23.8 Å². The van der Waals surface area contributed by atoms with Crippen LogP contribution in [0.5, 0.6) is 0 Å². The molecule has 6 nitrogen and oxygen atoms in total. The summed E-state index contributed by atoms with van der Waals surface area (Å²) < 4.78 is 10.2. The molecule has 28 heavy (non-hydrogen) atoms. The largest absolute Gasteiger partial charge is 0.462 e. The van der Waals surface area contributed by atoms with Crippen molar-refractivity contribution < 1.29 is 19.1 Å². The van der Waals surface area contributed by atoms with Crippen molar-refractivity contribution in [2.24, 2.45) is 0 Å². The van der Waals surface area contributed by atoms with Crippen molar-refractivity contribution in [3.63, 3.8) is 0 Å². The molecule has 0 aliphatic heterocycles. The summed E-state index contributed by atoms with van der Waals surface area (Å²) in [5.74, 6) is -0.986. The number of nitrogens with one attached hydrogen (secondary N) is 2. The number of anilines is 2. The number of esters is 2. The molecule has 0 radical (unpaired) electrons. The fourth-order valence-corrected chi connectivity index (χ4v) is 3.90. The van der Waals surface area contributed by atoms with Gasteiger partial charge in [-0.3, -0.25) is 0 Å². The third kappa shape index (κ3) is 5.08. The second-order valence-electron chi connectivity index (χ2n) is 6.08. The predicted octanol–water partition coefficient (Wildman–Crippen LogP) is 4.84. The molecule has 150 valence electrons. The van der Waals surface area contributed by atoms with Crippen LogP contribution in [0.15, 0.2) is 18.2 Å². The maximum atomic E-state index is 12.4. The molecule has 0 saturated carbocycles. The first kappa shape index (κ1) is 21.8. The van der Waals surface area contributed by atoms with Crippen molar-refractivity contribution in [1.29, 1.82) is 0 Å². The van der Waals surface area contributed by atoms with Crippen molar-refractivity contribution in [3.8, 4) is 0 Å². The number of thiocarbonyl (C=S) groups is 1. The van der Waals surface area contributed by atoms with Gasteiger partial charge in [0.1, 0.15) is 9.88 Å². The Morgan fingerprint density at radius 1 is 1.00 bits per heavy atom. The topological polar surface area (TPSA) is 76.7 Å². The Morgan fingerprint density at radius 2 is 1.64 bits per heavy atom. The minimum absolute atomic E-state index is 0.230. The normalized spacial score (nSPS) is 10.3. The monoisotopic (exact) mass is 420 g/mol. The number of carbonyl (C=O) groups excluding carboxylic acids is 2. The number of thiophene rings is 1. The van der Waals surface area contributed by atoms with Gasteiger partial charge in [0.25, 0.3) is 0 Å². The number of hydrogen-bond acceptors (Lipinski definition) is 6. The number of carbonyl (C=O) groups is 2. The van der Waals surface area contributed by atoms with Crippen LogP contribution in [0.1, 0.15) is 50.6 Å². The van der Waals surface area contributed by atoms with E-state index in [1.165, 1.54) is 5.56 Å². The average Bonchev–Trinajstić information content (AvgIpc) is 2.94. The highest BCUT2D eigenvalue weighted by molar-refractivity contribution is 7.80. The molecule has 0 aliphatic carbocycles. The summed E-state index contributed by atoms with van der Waals surface area (Å²) in [4.78, 5) is 25.0. The lowest BCUT2D eigenvalue weighted by Gasteiger charge is -2.12. The molecule has 0 fully saturated rings. The molecule has 8 heteroatoms. The van der Waals surface area contributed by atoms with Crippen molar-refractivity contribution in [2.45, 2.75) is 34.6 Å². The van der Waals surface area contributed by atoms with E-state index in [0.717, 1.165) is 22.6 Å². The summed E-state index contributed by atoms with van der Waals surface area (Å²) in [6.45, 7) is 9.69. The van der Waals surface area contributed by atoms with Crippen LogP contribution in [-0.4, -0.2) is 30.3 Å². The Bertz CT molecular complexity index is 906. The summed E-state index contributed by atoms with van der Waals surface area (Å²) in [5, 5.41) is 6.87. The predicted molar refractivity (Wildman–Crippen MR) is 117 cm³/mol. The Labute approximate surface area is 174 Å². The van der Waals surface area contributed by atoms with E-state index in [1.54, 1.807) is 20.8 Å². The molecule has 0 amide bonds. The molecule has 0 atom stereocenters. The maximum absolute atomic E-state index is 12.4. The Balaban J connectivity index is 2.30. The first-order chi connectivity index (χ1) is 13.3. The third-order valence-corrected chi connectivity index (χ3v) is 5.47. The van der Waals surface area contributed by atoms with E-state index in [4.69, 9.17) is 21.7 Å². The van der Waals surface area contributed by atoms with Crippen molar-refractivity contribution in [1.82, 2.24) is 0 Å². The van der Waals surface area contributed by atoms with Gasteiger partial charge in [0.05, 0.1) is 18.8 Å². The van der Waals surface area contributed by atoms with Gasteiger partial charge >= 0.3 is 11.9 Å². The summed E-state index contributed by atoms with van der Waals surface area (Å²) in [6, 6.07) is 5.91. The molecule has 0 spiro atoms. The molecule has 0 saturated heterocycles. The summed E-state index contributed by atoms with van der Waals surface area (Å²) in [7, 11) is 0. The van der Waals surface area contributed by atoms with E-state index in [1.807, 2.05) is 32.0 Å². The molecule has 1 heterocycles. The first-order valence-corrected chi connectivity index (χ1v) is 10.1. The SMILES string of the molecule is CCOC(=O)c1sc(NC(=S)Nc2ccc(C)c(C)c2)c(C(=O)OCC)c1C. The second-order valence-corrected chi connectivity index (χ2v) is 7.51. The molecular weight excluding hydrogens is 396 g/mol. The molecular formula is C20H24N2O4S2. The van der Waals surface area contributed by atoms with Gasteiger partial charge in [-0.15, -0.1) is 11.3 Å². The number of benzene rings is 1. The zero-order valence-electron chi connectivity index (χ0n) is 16.6. The van der Waals surface area contributed by atoms with E-state index in [0.29, 0.717) is 26.1 Å². The maximum Gasteiger partial charge on any atom is 0.348 e. The molecule has 1 aromatic carbocycles. The van der Waals surface area contributed by atoms with E-state index >= 15 is 0 Å². The highest BCUT2D eigenvalue weighted by Gasteiger charge is 2.26. The highest BCUT2D eigenvalue weighted by Crippen LogP contribution is 2.34. The van der Waals surface area contributed by atoms with Crippen molar-refractivity contribution in [3.05, 3.63) is 45.3 Å². The summed E-state index contributed by atoms with van der Waals surface area (Å²) in [6.07, 6.45) is 0. The van der Waals surface area contributed by atoms with Gasteiger partial charge in [0.15, 0.2) is 5.11 Å². The molecule has 0 bridgehead atoms. The van der Waals surface area contributed by atoms with Gasteiger partial charge in [0.2, 0.25) is 0 Å². The number of hydrogen-bond donors (Lipinski definition) is 2. The lowest BCUT2D eigenvalue weighted by molar-refractivity contribution is 0.0527. The molecule has 2 rings (SSSR count). The molecule has 2 N–H and O–H groups in total. The lowest BCUT2D eigenvalue weighted by Crippen LogP contribution is -2.20. The zero-order valence-corrected chi connectivity index (χ0v) is 18.2. The molecule has 2 aromatic rings. The van der Waals surface area contributed by atoms with Gasteiger partial charge in [-0.1, -0.05) is 6.07 Å². The quantitative estimate of drug-likeness (QED) is 0.512. The summed E-state index contributed by atoms with van der Waals surface area (Å²) >= 11 is 6.51. The van der Waals surface area contributed by atoms with E-state index < -0.39 is 11.9 Å². The van der Waals surface area contributed by atoms with Gasteiger partial charge in [-0.25, -0.2) is 9.59 Å². The molecule has 0 aliphatic rings. The van der Waals surface area contributed by atoms with Crippen LogP contribution in [-0.2, 0) is 9.47 Å². The Hall–Kier alpha value is -2.45. The van der Waals surface area contributed by atoms with Crippen LogP contribution in [0.25, 0.3) is 0 Å². The summed E-state index contributed by atoms with van der Waals surface area (Å²) in [5.41, 5.74) is 3.95. The van der Waals surface area contributed by atoms with Gasteiger partial charge < -0.3 is 20.1 Å². The first-order valence-electron chi connectivity index (χ1n) is 8.91. The average molecular weight is 421 g/mol. The lowest BCUT2D eigenvalue weighted by atomic mass is 10.1. The van der Waals surface area contributed by atoms with Crippen LogP contribution in [0, 0.1) is 20.8 Å². The molecule has 0 unspecified atom stereocenters. The number of aryl methyl sites for hydroxylation is 2. The van der Waals surface area contributed by atoms with Crippen LogP contribution in [0.3, 0.4) is 0 Å². The Morgan fingerprint density at radius 3 is 2.25 bits per heavy atom. The Kier molecular flexibility index (Phi) is 7.53. The van der Waals surface area contributed by atoms with Crippen molar-refractivity contribution >= 4 is 51.3 Å².